The molecule has 1 amide bonds. The SMILES string of the molecule is CN1CCN(Cc2ccccc2CNC(=O)CC2CCCCC2)CC1. The van der Waals surface area contributed by atoms with Crippen LogP contribution in [0.5, 0.6) is 0 Å². The van der Waals surface area contributed by atoms with Gasteiger partial charge in [0.15, 0.2) is 0 Å². The predicted molar refractivity (Wildman–Crippen MR) is 102 cm³/mol. The van der Waals surface area contributed by atoms with Crippen molar-refractivity contribution in [3.8, 4) is 0 Å². The largest absolute Gasteiger partial charge is 0.352 e. The fourth-order valence-electron chi connectivity index (χ4n) is 4.05. The summed E-state index contributed by atoms with van der Waals surface area (Å²) in [5.74, 6) is 0.829. The van der Waals surface area contributed by atoms with Crippen molar-refractivity contribution < 1.29 is 4.79 Å². The summed E-state index contributed by atoms with van der Waals surface area (Å²) in [6, 6.07) is 8.56. The quantitative estimate of drug-likeness (QED) is 0.862. The lowest BCUT2D eigenvalue weighted by atomic mass is 9.87. The minimum atomic E-state index is 0.223. The Morgan fingerprint density at radius 1 is 1.04 bits per heavy atom. The van der Waals surface area contributed by atoms with Gasteiger partial charge in [0.05, 0.1) is 0 Å². The van der Waals surface area contributed by atoms with Gasteiger partial charge in [0.25, 0.3) is 0 Å². The molecule has 1 aliphatic carbocycles. The van der Waals surface area contributed by atoms with Crippen LogP contribution in [0.2, 0.25) is 0 Å². The molecule has 0 bridgehead atoms. The maximum absolute atomic E-state index is 12.3. The van der Waals surface area contributed by atoms with Gasteiger partial charge in [-0.1, -0.05) is 43.5 Å². The van der Waals surface area contributed by atoms with E-state index < -0.39 is 0 Å². The van der Waals surface area contributed by atoms with E-state index in [0.29, 0.717) is 18.9 Å². The van der Waals surface area contributed by atoms with Gasteiger partial charge in [0.1, 0.15) is 0 Å². The third-order valence-corrected chi connectivity index (χ3v) is 5.78. The van der Waals surface area contributed by atoms with Crippen molar-refractivity contribution in [3.63, 3.8) is 0 Å². The van der Waals surface area contributed by atoms with Gasteiger partial charge in [-0.3, -0.25) is 9.69 Å². The lowest BCUT2D eigenvalue weighted by Crippen LogP contribution is -2.44. The molecule has 0 atom stereocenters. The van der Waals surface area contributed by atoms with E-state index in [9.17, 15) is 4.79 Å². The summed E-state index contributed by atoms with van der Waals surface area (Å²) in [5.41, 5.74) is 2.61. The second kappa shape index (κ2) is 9.35. The summed E-state index contributed by atoms with van der Waals surface area (Å²) in [4.78, 5) is 17.2. The smallest absolute Gasteiger partial charge is 0.220 e. The molecule has 0 radical (unpaired) electrons. The molecule has 1 saturated carbocycles. The highest BCUT2D eigenvalue weighted by molar-refractivity contribution is 5.76. The van der Waals surface area contributed by atoms with Crippen molar-refractivity contribution in [2.45, 2.75) is 51.6 Å². The molecule has 25 heavy (non-hydrogen) atoms. The highest BCUT2D eigenvalue weighted by atomic mass is 16.1. The number of likely N-dealkylation sites (N-methyl/N-ethyl adjacent to an activating group) is 1. The maximum atomic E-state index is 12.3. The Labute approximate surface area is 152 Å². The molecule has 0 unspecified atom stereocenters. The topological polar surface area (TPSA) is 35.6 Å². The summed E-state index contributed by atoms with van der Waals surface area (Å²) < 4.78 is 0. The lowest BCUT2D eigenvalue weighted by Gasteiger charge is -2.32. The van der Waals surface area contributed by atoms with Crippen LogP contribution >= 0.6 is 0 Å². The zero-order valence-corrected chi connectivity index (χ0v) is 15.7. The van der Waals surface area contributed by atoms with Crippen molar-refractivity contribution in [2.24, 2.45) is 5.92 Å². The van der Waals surface area contributed by atoms with E-state index in [1.165, 1.54) is 43.2 Å². The molecule has 1 aromatic carbocycles. The molecule has 1 N–H and O–H groups in total. The summed E-state index contributed by atoms with van der Waals surface area (Å²) in [6.45, 7) is 6.18. The molecule has 1 aromatic rings. The summed E-state index contributed by atoms with van der Waals surface area (Å²) in [7, 11) is 2.19. The van der Waals surface area contributed by atoms with E-state index >= 15 is 0 Å². The predicted octanol–water partition coefficient (Wildman–Crippen LogP) is 3.02. The number of piperazine rings is 1. The Morgan fingerprint density at radius 2 is 1.72 bits per heavy atom. The summed E-state index contributed by atoms with van der Waals surface area (Å²) in [5, 5.41) is 3.17. The molecule has 2 aliphatic rings. The zero-order valence-electron chi connectivity index (χ0n) is 15.7. The molecular weight excluding hydrogens is 310 g/mol. The van der Waals surface area contributed by atoms with Gasteiger partial charge in [-0.15, -0.1) is 0 Å². The van der Waals surface area contributed by atoms with Crippen LogP contribution in [0.25, 0.3) is 0 Å². The number of rotatable bonds is 6. The van der Waals surface area contributed by atoms with Gasteiger partial charge in [-0.05, 0) is 36.9 Å². The van der Waals surface area contributed by atoms with E-state index in [0.717, 1.165) is 32.7 Å². The van der Waals surface area contributed by atoms with Crippen LogP contribution in [-0.2, 0) is 17.9 Å². The number of benzene rings is 1. The first kappa shape index (κ1) is 18.4. The van der Waals surface area contributed by atoms with Crippen molar-refractivity contribution in [1.82, 2.24) is 15.1 Å². The third-order valence-electron chi connectivity index (χ3n) is 5.78. The van der Waals surface area contributed by atoms with E-state index in [-0.39, 0.29) is 5.91 Å². The van der Waals surface area contributed by atoms with Gasteiger partial charge in [-0.25, -0.2) is 0 Å². The van der Waals surface area contributed by atoms with Crippen LogP contribution in [0.15, 0.2) is 24.3 Å². The molecule has 4 nitrogen and oxygen atoms in total. The van der Waals surface area contributed by atoms with Crippen LogP contribution in [0, 0.1) is 5.92 Å². The summed E-state index contributed by atoms with van der Waals surface area (Å²) >= 11 is 0. The van der Waals surface area contributed by atoms with E-state index in [4.69, 9.17) is 0 Å². The fourth-order valence-corrected chi connectivity index (χ4v) is 4.05. The number of nitrogens with one attached hydrogen (secondary N) is 1. The molecule has 138 valence electrons. The molecule has 4 heteroatoms. The number of nitrogens with zero attached hydrogens (tertiary/aromatic N) is 2. The average molecular weight is 344 g/mol. The van der Waals surface area contributed by atoms with Gasteiger partial charge in [0, 0.05) is 45.7 Å². The van der Waals surface area contributed by atoms with Crippen molar-refractivity contribution in [3.05, 3.63) is 35.4 Å². The first-order valence-corrected chi connectivity index (χ1v) is 9.95. The second-order valence-corrected chi connectivity index (χ2v) is 7.83. The number of carbonyl (C=O) groups is 1. The monoisotopic (exact) mass is 343 g/mol. The Hall–Kier alpha value is -1.39. The van der Waals surface area contributed by atoms with Crippen molar-refractivity contribution >= 4 is 5.91 Å². The van der Waals surface area contributed by atoms with Crippen LogP contribution in [-0.4, -0.2) is 48.9 Å². The standard InChI is InChI=1S/C21H33N3O/c1-23-11-13-24(14-12-23)17-20-10-6-5-9-19(20)16-22-21(25)15-18-7-3-2-4-8-18/h5-6,9-10,18H,2-4,7-8,11-17H2,1H3,(H,22,25). The minimum absolute atomic E-state index is 0.223. The maximum Gasteiger partial charge on any atom is 0.220 e. The molecule has 1 heterocycles. The Kier molecular flexibility index (Phi) is 6.88. The molecular formula is C21H33N3O. The Balaban J connectivity index is 1.49. The lowest BCUT2D eigenvalue weighted by molar-refractivity contribution is -0.122. The van der Waals surface area contributed by atoms with Crippen molar-refractivity contribution in [1.29, 1.82) is 0 Å². The average Bonchev–Trinajstić information content (AvgIpc) is 2.64. The van der Waals surface area contributed by atoms with Crippen LogP contribution in [0.3, 0.4) is 0 Å². The molecule has 1 saturated heterocycles. The van der Waals surface area contributed by atoms with Gasteiger partial charge >= 0.3 is 0 Å². The Bertz CT molecular complexity index is 546. The van der Waals surface area contributed by atoms with Crippen molar-refractivity contribution in [2.75, 3.05) is 33.2 Å². The van der Waals surface area contributed by atoms with Gasteiger partial charge in [0.2, 0.25) is 5.91 Å². The molecule has 0 spiro atoms. The molecule has 1 aliphatic heterocycles. The van der Waals surface area contributed by atoms with E-state index in [2.05, 4.69) is 46.4 Å². The number of carbonyl (C=O) groups excluding carboxylic acids is 1. The molecule has 3 rings (SSSR count). The number of hydrogen-bond acceptors (Lipinski definition) is 3. The second-order valence-electron chi connectivity index (χ2n) is 7.83. The first-order chi connectivity index (χ1) is 12.2. The Morgan fingerprint density at radius 3 is 2.44 bits per heavy atom. The minimum Gasteiger partial charge on any atom is -0.352 e. The van der Waals surface area contributed by atoms with Crippen LogP contribution in [0.4, 0.5) is 0 Å². The number of amides is 1. The molecule has 2 fully saturated rings. The first-order valence-electron chi connectivity index (χ1n) is 9.95. The normalized spacial score (nSPS) is 20.5. The highest BCUT2D eigenvalue weighted by Gasteiger charge is 2.18. The van der Waals surface area contributed by atoms with E-state index in [1.54, 1.807) is 0 Å². The van der Waals surface area contributed by atoms with Crippen LogP contribution in [0.1, 0.15) is 49.7 Å². The highest BCUT2D eigenvalue weighted by Crippen LogP contribution is 2.26. The number of hydrogen-bond donors (Lipinski definition) is 1. The third kappa shape index (κ3) is 5.82. The van der Waals surface area contributed by atoms with Crippen LogP contribution < -0.4 is 5.32 Å². The van der Waals surface area contributed by atoms with E-state index in [1.807, 2.05) is 0 Å². The zero-order chi connectivity index (χ0) is 17.5. The summed E-state index contributed by atoms with van der Waals surface area (Å²) in [6.07, 6.45) is 7.11. The fraction of sp³-hybridized carbons (Fsp3) is 0.667. The van der Waals surface area contributed by atoms with Gasteiger partial charge < -0.3 is 10.2 Å². The van der Waals surface area contributed by atoms with Gasteiger partial charge in [-0.2, -0.15) is 0 Å². The molecule has 0 aromatic heterocycles.